The lowest BCUT2D eigenvalue weighted by molar-refractivity contribution is -0.108. The third-order valence-electron chi connectivity index (χ3n) is 4.05. The lowest BCUT2D eigenvalue weighted by Crippen LogP contribution is -2.46. The zero-order chi connectivity index (χ0) is 16.3. The summed E-state index contributed by atoms with van der Waals surface area (Å²) in [5, 5.41) is 0. The normalized spacial score (nSPS) is 21.5. The predicted molar refractivity (Wildman–Crippen MR) is 79.0 cm³/mol. The molecular weight excluding hydrogens is 312 g/mol. The first kappa shape index (κ1) is 17.0. The molecule has 0 N–H and O–H groups in total. The molecule has 1 aromatic rings. The van der Waals surface area contributed by atoms with Crippen LogP contribution in [0.4, 0.5) is 8.78 Å². The molecule has 7 heteroatoms. The minimum Gasteiger partial charge on any atom is -0.303 e. The van der Waals surface area contributed by atoms with E-state index in [1.54, 1.807) is 0 Å². The van der Waals surface area contributed by atoms with Gasteiger partial charge in [0.15, 0.2) is 0 Å². The Labute approximate surface area is 129 Å². The Bertz CT molecular complexity index is 628. The molecule has 0 saturated carbocycles. The van der Waals surface area contributed by atoms with E-state index in [4.69, 9.17) is 0 Å². The predicted octanol–water partition coefficient (Wildman–Crippen LogP) is 2.45. The highest BCUT2D eigenvalue weighted by Crippen LogP contribution is 2.34. The third-order valence-corrected chi connectivity index (χ3v) is 5.36. The number of halogens is 2. The summed E-state index contributed by atoms with van der Waals surface area (Å²) in [4.78, 5) is 11.0. The summed E-state index contributed by atoms with van der Waals surface area (Å²) >= 11 is 0. The van der Waals surface area contributed by atoms with E-state index >= 15 is 0 Å². The van der Waals surface area contributed by atoms with Gasteiger partial charge in [-0.2, -0.15) is 4.31 Å². The van der Waals surface area contributed by atoms with Crippen LogP contribution in [0.5, 0.6) is 0 Å². The molecule has 0 bridgehead atoms. The molecule has 2 rings (SSSR count). The van der Waals surface area contributed by atoms with Crippen LogP contribution in [0.25, 0.3) is 0 Å². The number of benzene rings is 1. The second kappa shape index (κ2) is 6.83. The van der Waals surface area contributed by atoms with E-state index in [1.165, 1.54) is 16.4 Å². The first-order valence-electron chi connectivity index (χ1n) is 7.19. The molecule has 1 heterocycles. The van der Waals surface area contributed by atoms with Crippen molar-refractivity contribution in [1.82, 2.24) is 4.31 Å². The quantitative estimate of drug-likeness (QED) is 0.779. The molecule has 4 nitrogen and oxygen atoms in total. The van der Waals surface area contributed by atoms with Crippen LogP contribution < -0.4 is 0 Å². The number of sulfonamides is 1. The molecule has 1 fully saturated rings. The van der Waals surface area contributed by atoms with Gasteiger partial charge >= 0.3 is 0 Å². The molecular formula is C15H19F2NO3S. The van der Waals surface area contributed by atoms with Gasteiger partial charge in [0.05, 0.1) is 6.26 Å². The van der Waals surface area contributed by atoms with Crippen LogP contribution in [0.2, 0.25) is 0 Å². The van der Waals surface area contributed by atoms with Gasteiger partial charge in [0.25, 0.3) is 0 Å². The summed E-state index contributed by atoms with van der Waals surface area (Å²) in [6.07, 6.45) is 3.96. The summed E-state index contributed by atoms with van der Waals surface area (Å²) in [7, 11) is -3.44. The van der Waals surface area contributed by atoms with E-state index < -0.39 is 33.6 Å². The fraction of sp³-hybridized carbons (Fsp3) is 0.533. The Hall–Kier alpha value is -1.34. The van der Waals surface area contributed by atoms with E-state index in [9.17, 15) is 22.0 Å². The van der Waals surface area contributed by atoms with Crippen molar-refractivity contribution in [1.29, 1.82) is 0 Å². The van der Waals surface area contributed by atoms with E-state index in [2.05, 4.69) is 0 Å². The minimum atomic E-state index is -3.44. The lowest BCUT2D eigenvalue weighted by Gasteiger charge is -2.38. The van der Waals surface area contributed by atoms with E-state index in [-0.39, 0.29) is 6.42 Å². The summed E-state index contributed by atoms with van der Waals surface area (Å²) in [5.74, 6) is -2.00. The van der Waals surface area contributed by atoms with Crippen LogP contribution in [0.15, 0.2) is 18.2 Å². The molecule has 1 unspecified atom stereocenters. The number of aldehydes is 1. The van der Waals surface area contributed by atoms with Gasteiger partial charge < -0.3 is 4.79 Å². The van der Waals surface area contributed by atoms with Crippen LogP contribution >= 0.6 is 0 Å². The summed E-state index contributed by atoms with van der Waals surface area (Å²) in [6, 6.07) is 2.66. The second-order valence-electron chi connectivity index (χ2n) is 5.65. The number of piperidine rings is 1. The Morgan fingerprint density at radius 2 is 1.91 bits per heavy atom. The minimum absolute atomic E-state index is 0.0274. The third kappa shape index (κ3) is 3.89. The van der Waals surface area contributed by atoms with E-state index in [0.29, 0.717) is 24.8 Å². The van der Waals surface area contributed by atoms with Crippen molar-refractivity contribution < 1.29 is 22.0 Å². The van der Waals surface area contributed by atoms with Crippen molar-refractivity contribution in [3.05, 3.63) is 35.4 Å². The maximum Gasteiger partial charge on any atom is 0.211 e. The standard InChI is InChI=1S/C15H19F2NO3S/c1-22(20,21)18-6-3-2-4-15(18)14(5-7-19)11-8-12(16)10-13(17)9-11/h7-10,14-15H,2-6H2,1H3/t14-,15?/m1/s1. The second-order valence-corrected chi connectivity index (χ2v) is 7.58. The average Bonchev–Trinajstić information content (AvgIpc) is 2.42. The van der Waals surface area contributed by atoms with Gasteiger partial charge in [-0.25, -0.2) is 17.2 Å². The van der Waals surface area contributed by atoms with Crippen LogP contribution in [0, 0.1) is 11.6 Å². The van der Waals surface area contributed by atoms with Crippen molar-refractivity contribution in [2.24, 2.45) is 0 Å². The van der Waals surface area contributed by atoms with Crippen LogP contribution in [-0.4, -0.2) is 37.9 Å². The van der Waals surface area contributed by atoms with Crippen molar-refractivity contribution in [3.8, 4) is 0 Å². The van der Waals surface area contributed by atoms with Gasteiger partial charge in [-0.3, -0.25) is 0 Å². The number of hydrogen-bond donors (Lipinski definition) is 0. The van der Waals surface area contributed by atoms with Gasteiger partial charge in [-0.05, 0) is 30.5 Å². The zero-order valence-electron chi connectivity index (χ0n) is 12.3. The Morgan fingerprint density at radius 1 is 1.27 bits per heavy atom. The maximum atomic E-state index is 13.5. The molecule has 2 atom stereocenters. The van der Waals surface area contributed by atoms with Crippen molar-refractivity contribution >= 4 is 16.3 Å². The highest BCUT2D eigenvalue weighted by atomic mass is 32.2. The molecule has 1 aromatic carbocycles. The van der Waals surface area contributed by atoms with Crippen LogP contribution in [0.1, 0.15) is 37.2 Å². The summed E-state index contributed by atoms with van der Waals surface area (Å²) < 4.78 is 52.2. The van der Waals surface area contributed by atoms with Crippen molar-refractivity contribution in [3.63, 3.8) is 0 Å². The Kier molecular flexibility index (Phi) is 5.28. The smallest absolute Gasteiger partial charge is 0.211 e. The molecule has 122 valence electrons. The average molecular weight is 331 g/mol. The summed E-state index contributed by atoms with van der Waals surface area (Å²) in [5.41, 5.74) is 0.324. The number of carbonyl (C=O) groups is 1. The molecule has 1 aliphatic heterocycles. The van der Waals surface area contributed by atoms with Gasteiger partial charge in [-0.1, -0.05) is 6.42 Å². The maximum absolute atomic E-state index is 13.5. The van der Waals surface area contributed by atoms with Gasteiger partial charge in [0.2, 0.25) is 10.0 Å². The zero-order valence-corrected chi connectivity index (χ0v) is 13.2. The molecule has 0 aliphatic carbocycles. The highest BCUT2D eigenvalue weighted by molar-refractivity contribution is 7.88. The topological polar surface area (TPSA) is 54.5 Å². The number of hydrogen-bond acceptors (Lipinski definition) is 3. The molecule has 0 aromatic heterocycles. The van der Waals surface area contributed by atoms with Crippen molar-refractivity contribution in [2.45, 2.75) is 37.6 Å². The Morgan fingerprint density at radius 3 is 2.45 bits per heavy atom. The fourth-order valence-electron chi connectivity index (χ4n) is 3.15. The number of rotatable bonds is 5. The molecule has 0 amide bonds. The van der Waals surface area contributed by atoms with Gasteiger partial charge in [0.1, 0.15) is 17.9 Å². The lowest BCUT2D eigenvalue weighted by atomic mass is 9.84. The SMILES string of the molecule is CS(=O)(=O)N1CCCCC1[C@H](CC=O)c1cc(F)cc(F)c1. The first-order chi connectivity index (χ1) is 10.3. The highest BCUT2D eigenvalue weighted by Gasteiger charge is 2.35. The molecule has 22 heavy (non-hydrogen) atoms. The van der Waals surface area contributed by atoms with Crippen molar-refractivity contribution in [2.75, 3.05) is 12.8 Å². The van der Waals surface area contributed by atoms with Crippen LogP contribution in [0.3, 0.4) is 0 Å². The Balaban J connectivity index is 2.42. The monoisotopic (exact) mass is 331 g/mol. The largest absolute Gasteiger partial charge is 0.303 e. The molecule has 0 radical (unpaired) electrons. The van der Waals surface area contributed by atoms with E-state index in [0.717, 1.165) is 25.2 Å². The first-order valence-corrected chi connectivity index (χ1v) is 9.04. The van der Waals surface area contributed by atoms with Gasteiger partial charge in [0, 0.05) is 31.0 Å². The molecule has 1 saturated heterocycles. The molecule has 0 spiro atoms. The molecule has 1 aliphatic rings. The van der Waals surface area contributed by atoms with Gasteiger partial charge in [-0.15, -0.1) is 0 Å². The fourth-order valence-corrected chi connectivity index (χ4v) is 4.36. The van der Waals surface area contributed by atoms with Crippen LogP contribution in [-0.2, 0) is 14.8 Å². The summed E-state index contributed by atoms with van der Waals surface area (Å²) in [6.45, 7) is 0.372. The number of carbonyl (C=O) groups excluding carboxylic acids is 1. The van der Waals surface area contributed by atoms with E-state index in [1.807, 2.05) is 0 Å². The number of nitrogens with zero attached hydrogens (tertiary/aromatic N) is 1.